The summed E-state index contributed by atoms with van der Waals surface area (Å²) in [6.07, 6.45) is 40.8. The number of phosphoric acid groups is 1. The van der Waals surface area contributed by atoms with E-state index in [-0.39, 0.29) is 19.4 Å². The SMILES string of the molecule is CCCCCCCC/C=C/CCCCCCCCCCCCCC(=O)O[C@H](COC(=O)CCCCCCCCCCCCC)COP(=O)(O)O. The molecule has 2 N–H and O–H groups in total. The van der Waals surface area contributed by atoms with Crippen LogP contribution in [0.5, 0.6) is 0 Å². The molecule has 0 heterocycles. The van der Waals surface area contributed by atoms with Gasteiger partial charge in [-0.1, -0.05) is 180 Å². The minimum Gasteiger partial charge on any atom is -0.462 e. The van der Waals surface area contributed by atoms with Gasteiger partial charge < -0.3 is 19.3 Å². The molecule has 0 saturated carbocycles. The van der Waals surface area contributed by atoms with Crippen LogP contribution in [0.2, 0.25) is 0 Å². The monoisotopic (exact) mass is 731 g/mol. The molecule has 0 aliphatic rings. The van der Waals surface area contributed by atoms with Crippen molar-refractivity contribution in [2.75, 3.05) is 13.2 Å². The minimum atomic E-state index is -4.75. The van der Waals surface area contributed by atoms with Crippen molar-refractivity contribution in [3.05, 3.63) is 12.2 Å². The summed E-state index contributed by atoms with van der Waals surface area (Å²) in [5, 5.41) is 0. The highest BCUT2D eigenvalue weighted by Gasteiger charge is 2.22. The maximum atomic E-state index is 12.4. The second kappa shape index (κ2) is 37.5. The average Bonchev–Trinajstić information content (AvgIpc) is 3.08. The number of carbonyl (C=O) groups excluding carboxylic acids is 2. The maximum absolute atomic E-state index is 12.4. The maximum Gasteiger partial charge on any atom is 0.469 e. The highest BCUT2D eigenvalue weighted by molar-refractivity contribution is 7.46. The third-order valence-corrected chi connectivity index (χ3v) is 9.77. The molecule has 0 aliphatic heterocycles. The van der Waals surface area contributed by atoms with E-state index < -0.39 is 32.5 Å². The van der Waals surface area contributed by atoms with E-state index in [1.54, 1.807) is 0 Å². The van der Waals surface area contributed by atoms with Crippen molar-refractivity contribution in [1.29, 1.82) is 0 Å². The summed E-state index contributed by atoms with van der Waals surface area (Å²) >= 11 is 0. The average molecular weight is 731 g/mol. The molecule has 0 unspecified atom stereocenters. The fourth-order valence-corrected chi connectivity index (χ4v) is 6.49. The molecule has 296 valence electrons. The molecule has 50 heavy (non-hydrogen) atoms. The molecule has 0 bridgehead atoms. The number of rotatable bonds is 39. The Morgan fingerprint density at radius 3 is 1.22 bits per heavy atom. The first-order valence-electron chi connectivity index (χ1n) is 21.0. The molecule has 0 aromatic heterocycles. The van der Waals surface area contributed by atoms with Crippen LogP contribution in [0.25, 0.3) is 0 Å². The van der Waals surface area contributed by atoms with Gasteiger partial charge in [0, 0.05) is 12.8 Å². The number of phosphoric ester groups is 1. The Morgan fingerprint density at radius 1 is 0.500 bits per heavy atom. The smallest absolute Gasteiger partial charge is 0.462 e. The molecule has 0 aliphatic carbocycles. The second-order valence-corrected chi connectivity index (χ2v) is 15.6. The highest BCUT2D eigenvalue weighted by atomic mass is 31.2. The molecule has 0 amide bonds. The van der Waals surface area contributed by atoms with Gasteiger partial charge in [0.05, 0.1) is 6.61 Å². The largest absolute Gasteiger partial charge is 0.469 e. The van der Waals surface area contributed by atoms with Crippen LogP contribution >= 0.6 is 7.82 Å². The Morgan fingerprint density at radius 2 is 0.840 bits per heavy atom. The minimum absolute atomic E-state index is 0.216. The number of unbranched alkanes of at least 4 members (excludes halogenated alkanes) is 27. The Kier molecular flexibility index (Phi) is 36.6. The predicted octanol–water partition coefficient (Wildman–Crippen LogP) is 12.6. The van der Waals surface area contributed by atoms with E-state index >= 15 is 0 Å². The van der Waals surface area contributed by atoms with Gasteiger partial charge in [-0.2, -0.15) is 0 Å². The summed E-state index contributed by atoms with van der Waals surface area (Å²) in [6, 6.07) is 0. The van der Waals surface area contributed by atoms with Crippen molar-refractivity contribution in [2.45, 2.75) is 225 Å². The topological polar surface area (TPSA) is 119 Å². The van der Waals surface area contributed by atoms with E-state index in [0.717, 1.165) is 38.5 Å². The lowest BCUT2D eigenvalue weighted by molar-refractivity contribution is -0.161. The highest BCUT2D eigenvalue weighted by Crippen LogP contribution is 2.36. The van der Waals surface area contributed by atoms with Gasteiger partial charge in [-0.05, 0) is 38.5 Å². The number of hydrogen-bond acceptors (Lipinski definition) is 6. The van der Waals surface area contributed by atoms with Crippen LogP contribution in [-0.4, -0.2) is 41.0 Å². The first-order valence-corrected chi connectivity index (χ1v) is 22.5. The summed E-state index contributed by atoms with van der Waals surface area (Å²) in [4.78, 5) is 42.7. The number of allylic oxidation sites excluding steroid dienone is 2. The fourth-order valence-electron chi connectivity index (χ4n) is 6.13. The van der Waals surface area contributed by atoms with Crippen molar-refractivity contribution in [3.63, 3.8) is 0 Å². The number of carbonyl (C=O) groups is 2. The molecule has 1 atom stereocenters. The molecule has 0 saturated heterocycles. The van der Waals surface area contributed by atoms with Crippen LogP contribution in [0.4, 0.5) is 0 Å². The van der Waals surface area contributed by atoms with E-state index in [4.69, 9.17) is 19.3 Å². The summed E-state index contributed by atoms with van der Waals surface area (Å²) < 4.78 is 26.3. The molecule has 0 spiro atoms. The molecular weight excluding hydrogens is 651 g/mol. The van der Waals surface area contributed by atoms with Gasteiger partial charge in [0.2, 0.25) is 0 Å². The van der Waals surface area contributed by atoms with Gasteiger partial charge in [0.15, 0.2) is 6.10 Å². The zero-order valence-electron chi connectivity index (χ0n) is 32.6. The molecule has 0 fully saturated rings. The fraction of sp³-hybridized carbons (Fsp3) is 0.902. The summed E-state index contributed by atoms with van der Waals surface area (Å²) in [6.45, 7) is 3.69. The van der Waals surface area contributed by atoms with Crippen LogP contribution in [0, 0.1) is 0 Å². The van der Waals surface area contributed by atoms with E-state index in [9.17, 15) is 14.2 Å². The van der Waals surface area contributed by atoms with E-state index in [2.05, 4.69) is 30.5 Å². The van der Waals surface area contributed by atoms with Crippen molar-refractivity contribution in [3.8, 4) is 0 Å². The normalized spacial score (nSPS) is 12.5. The summed E-state index contributed by atoms with van der Waals surface area (Å²) in [5.41, 5.74) is 0. The zero-order valence-corrected chi connectivity index (χ0v) is 33.5. The van der Waals surface area contributed by atoms with Crippen molar-refractivity contribution in [1.82, 2.24) is 0 Å². The number of esters is 2. The zero-order chi connectivity index (χ0) is 36.8. The van der Waals surface area contributed by atoms with Gasteiger partial charge in [-0.15, -0.1) is 0 Å². The van der Waals surface area contributed by atoms with Gasteiger partial charge >= 0.3 is 19.8 Å². The Balaban J connectivity index is 3.84. The van der Waals surface area contributed by atoms with Crippen LogP contribution in [-0.2, 0) is 28.2 Å². The van der Waals surface area contributed by atoms with Gasteiger partial charge in [-0.3, -0.25) is 14.1 Å². The Hall–Kier alpha value is -1.21. The van der Waals surface area contributed by atoms with Crippen LogP contribution < -0.4 is 0 Å². The lowest BCUT2D eigenvalue weighted by Gasteiger charge is -2.18. The third-order valence-electron chi connectivity index (χ3n) is 9.28. The van der Waals surface area contributed by atoms with Crippen LogP contribution in [0.3, 0.4) is 0 Å². The number of ether oxygens (including phenoxy) is 2. The van der Waals surface area contributed by atoms with Crippen LogP contribution in [0.15, 0.2) is 12.2 Å². The third kappa shape index (κ3) is 39.6. The first kappa shape index (κ1) is 48.8. The molecule has 0 aromatic rings. The Labute approximate surface area is 307 Å². The van der Waals surface area contributed by atoms with Crippen molar-refractivity contribution in [2.24, 2.45) is 0 Å². The molecule has 9 heteroatoms. The van der Waals surface area contributed by atoms with Crippen molar-refractivity contribution >= 4 is 19.8 Å². The lowest BCUT2D eigenvalue weighted by Crippen LogP contribution is -2.29. The first-order chi connectivity index (χ1) is 24.3. The van der Waals surface area contributed by atoms with E-state index in [1.165, 1.54) is 148 Å². The second-order valence-electron chi connectivity index (χ2n) is 14.3. The molecule has 0 radical (unpaired) electrons. The quantitative estimate of drug-likeness (QED) is 0.0278. The molecule has 8 nitrogen and oxygen atoms in total. The predicted molar refractivity (Wildman–Crippen MR) is 207 cm³/mol. The van der Waals surface area contributed by atoms with E-state index in [0.29, 0.717) is 6.42 Å². The lowest BCUT2D eigenvalue weighted by atomic mass is 10.0. The van der Waals surface area contributed by atoms with Gasteiger partial charge in [0.1, 0.15) is 6.61 Å². The molecular formula is C41H79O8P. The van der Waals surface area contributed by atoms with Crippen LogP contribution in [0.1, 0.15) is 219 Å². The summed E-state index contributed by atoms with van der Waals surface area (Å²) in [5.74, 6) is -0.876. The van der Waals surface area contributed by atoms with Gasteiger partial charge in [-0.25, -0.2) is 4.57 Å². The number of hydrogen-bond donors (Lipinski definition) is 2. The molecule has 0 rings (SSSR count). The summed E-state index contributed by atoms with van der Waals surface area (Å²) in [7, 11) is -4.75. The standard InChI is InChI=1S/C41H79O8P/c1-3-5-7-9-11-13-15-16-17-18-19-20-21-22-23-24-26-28-30-32-34-36-41(43)49-39(38-48-50(44,45)46)37-47-40(42)35-33-31-29-27-25-14-12-10-8-6-4-2/h16-17,39H,3-15,18-38H2,1-2H3,(H2,44,45,46)/b17-16+/t39-/m1/s1. The van der Waals surface area contributed by atoms with Crippen molar-refractivity contribution < 1.29 is 37.9 Å². The molecule has 0 aromatic carbocycles. The Bertz CT molecular complexity index is 827. The van der Waals surface area contributed by atoms with Gasteiger partial charge in [0.25, 0.3) is 0 Å². The van der Waals surface area contributed by atoms with E-state index in [1.807, 2.05) is 0 Å².